The average Bonchev–Trinajstić information content (AvgIpc) is 2.97. The minimum absolute atomic E-state index is 0.0174. The van der Waals surface area contributed by atoms with Crippen LogP contribution in [-0.4, -0.2) is 39.0 Å². The van der Waals surface area contributed by atoms with Crippen molar-refractivity contribution >= 4 is 17.4 Å². The number of ether oxygens (including phenoxy) is 1. The third kappa shape index (κ3) is 3.73. The van der Waals surface area contributed by atoms with Gasteiger partial charge < -0.3 is 15.0 Å². The first kappa shape index (κ1) is 19.1. The van der Waals surface area contributed by atoms with E-state index in [0.717, 1.165) is 25.7 Å². The molecule has 1 aromatic heterocycles. The fourth-order valence-electron chi connectivity index (χ4n) is 4.39. The summed E-state index contributed by atoms with van der Waals surface area (Å²) in [5.74, 6) is 0.503. The zero-order chi connectivity index (χ0) is 20.5. The monoisotopic (exact) mass is 395 g/mol. The SMILES string of the molecule is CC(=O)N1C2CC[C@H]1CC(Oc1ncnc(Nc3ccc(C#N)cc3F)c1C)C2. The second kappa shape index (κ2) is 7.66. The van der Waals surface area contributed by atoms with Crippen LogP contribution in [0.4, 0.5) is 15.9 Å². The van der Waals surface area contributed by atoms with Gasteiger partial charge in [0.25, 0.3) is 0 Å². The molecule has 2 fully saturated rings. The predicted octanol–water partition coefficient (Wildman–Crippen LogP) is 3.46. The number of nitrogens with one attached hydrogen (secondary N) is 1. The number of benzene rings is 1. The normalized spacial score (nSPS) is 22.8. The average molecular weight is 395 g/mol. The molecule has 3 atom stereocenters. The fourth-order valence-corrected chi connectivity index (χ4v) is 4.39. The molecule has 7 nitrogen and oxygen atoms in total. The summed E-state index contributed by atoms with van der Waals surface area (Å²) < 4.78 is 20.4. The van der Waals surface area contributed by atoms with Crippen LogP contribution in [0.1, 0.15) is 43.7 Å². The molecule has 150 valence electrons. The lowest BCUT2D eigenvalue weighted by Crippen LogP contribution is -2.48. The Hall–Kier alpha value is -3.21. The van der Waals surface area contributed by atoms with Crippen LogP contribution in [0.5, 0.6) is 5.88 Å². The van der Waals surface area contributed by atoms with Crippen LogP contribution >= 0.6 is 0 Å². The van der Waals surface area contributed by atoms with Crippen LogP contribution in [0.15, 0.2) is 24.5 Å². The quantitative estimate of drug-likeness (QED) is 0.853. The van der Waals surface area contributed by atoms with E-state index in [1.807, 2.05) is 17.9 Å². The van der Waals surface area contributed by atoms with Crippen molar-refractivity contribution in [3.8, 4) is 11.9 Å². The summed E-state index contributed by atoms with van der Waals surface area (Å²) in [5, 5.41) is 11.8. The van der Waals surface area contributed by atoms with Crippen molar-refractivity contribution in [1.29, 1.82) is 5.26 Å². The van der Waals surface area contributed by atoms with Gasteiger partial charge in [-0.1, -0.05) is 0 Å². The Bertz CT molecular complexity index is 976. The van der Waals surface area contributed by atoms with Crippen molar-refractivity contribution in [3.05, 3.63) is 41.5 Å². The number of hydrogen-bond donors (Lipinski definition) is 1. The highest BCUT2D eigenvalue weighted by molar-refractivity contribution is 5.74. The fraction of sp³-hybridized carbons (Fsp3) is 0.429. The van der Waals surface area contributed by atoms with E-state index in [1.54, 1.807) is 6.92 Å². The number of nitriles is 1. The standard InChI is InChI=1S/C21H22FN5O2/c1-12-20(26-19-6-3-14(10-23)7-18(19)22)24-11-25-21(12)29-17-8-15-4-5-16(9-17)27(15)13(2)28/h3,6-7,11,15-17H,4-5,8-9H2,1-2H3,(H,24,25,26)/t15-,16?,17?/m0/s1. The zero-order valence-electron chi connectivity index (χ0n) is 16.4. The molecule has 8 heteroatoms. The Morgan fingerprint density at radius 2 is 2.03 bits per heavy atom. The highest BCUT2D eigenvalue weighted by Crippen LogP contribution is 2.38. The molecular weight excluding hydrogens is 373 g/mol. The van der Waals surface area contributed by atoms with Gasteiger partial charge in [-0.2, -0.15) is 5.26 Å². The van der Waals surface area contributed by atoms with E-state index < -0.39 is 5.82 Å². The highest BCUT2D eigenvalue weighted by atomic mass is 19.1. The molecule has 2 aliphatic rings. The Labute approximate surface area is 168 Å². The van der Waals surface area contributed by atoms with Crippen molar-refractivity contribution in [2.75, 3.05) is 5.32 Å². The van der Waals surface area contributed by atoms with Crippen LogP contribution in [0.3, 0.4) is 0 Å². The minimum Gasteiger partial charge on any atom is -0.474 e. The molecule has 0 spiro atoms. The molecule has 1 aromatic carbocycles. The number of halogens is 1. The highest BCUT2D eigenvalue weighted by Gasteiger charge is 2.43. The van der Waals surface area contributed by atoms with Gasteiger partial charge in [0.2, 0.25) is 11.8 Å². The van der Waals surface area contributed by atoms with E-state index in [-0.39, 0.29) is 35.3 Å². The van der Waals surface area contributed by atoms with Crippen LogP contribution in [0.25, 0.3) is 0 Å². The molecule has 0 radical (unpaired) electrons. The Balaban J connectivity index is 1.49. The molecule has 1 amide bonds. The van der Waals surface area contributed by atoms with Crippen LogP contribution in [-0.2, 0) is 4.79 Å². The number of nitrogens with zero attached hydrogens (tertiary/aromatic N) is 4. The molecule has 2 aliphatic heterocycles. The van der Waals surface area contributed by atoms with Crippen molar-refractivity contribution in [3.63, 3.8) is 0 Å². The topological polar surface area (TPSA) is 91.1 Å². The van der Waals surface area contributed by atoms with E-state index >= 15 is 0 Å². The summed E-state index contributed by atoms with van der Waals surface area (Å²) in [7, 11) is 0. The molecule has 2 aromatic rings. The zero-order valence-corrected chi connectivity index (χ0v) is 16.4. The first-order valence-corrected chi connectivity index (χ1v) is 9.70. The summed E-state index contributed by atoms with van der Waals surface area (Å²) in [6.07, 6.45) is 4.95. The summed E-state index contributed by atoms with van der Waals surface area (Å²) in [6, 6.07) is 6.58. The summed E-state index contributed by atoms with van der Waals surface area (Å²) in [4.78, 5) is 22.3. The van der Waals surface area contributed by atoms with Crippen LogP contribution < -0.4 is 10.1 Å². The summed E-state index contributed by atoms with van der Waals surface area (Å²) in [6.45, 7) is 3.44. The number of hydrogen-bond acceptors (Lipinski definition) is 6. The minimum atomic E-state index is -0.530. The number of anilines is 2. The number of rotatable bonds is 4. The van der Waals surface area contributed by atoms with Gasteiger partial charge in [0.05, 0.1) is 22.9 Å². The number of amides is 1. The maximum atomic E-state index is 14.2. The van der Waals surface area contributed by atoms with Gasteiger partial charge in [-0.3, -0.25) is 4.79 Å². The van der Waals surface area contributed by atoms with Gasteiger partial charge in [-0.05, 0) is 38.0 Å². The first-order chi connectivity index (χ1) is 14.0. The van der Waals surface area contributed by atoms with E-state index in [9.17, 15) is 9.18 Å². The second-order valence-electron chi connectivity index (χ2n) is 7.61. The van der Waals surface area contributed by atoms with Gasteiger partial charge in [0.1, 0.15) is 24.1 Å². The van der Waals surface area contributed by atoms with Gasteiger partial charge in [-0.25, -0.2) is 14.4 Å². The molecule has 2 saturated heterocycles. The van der Waals surface area contributed by atoms with Crippen molar-refractivity contribution in [2.45, 2.75) is 57.7 Å². The number of carbonyl (C=O) groups is 1. The lowest BCUT2D eigenvalue weighted by molar-refractivity contribution is -0.134. The van der Waals surface area contributed by atoms with E-state index in [0.29, 0.717) is 17.3 Å². The Morgan fingerprint density at radius 3 is 2.66 bits per heavy atom. The lowest BCUT2D eigenvalue weighted by atomic mass is 9.99. The molecule has 4 rings (SSSR count). The third-order valence-corrected chi connectivity index (χ3v) is 5.72. The van der Waals surface area contributed by atoms with Gasteiger partial charge in [0.15, 0.2) is 0 Å². The number of fused-ring (bicyclic) bond motifs is 2. The van der Waals surface area contributed by atoms with Crippen molar-refractivity contribution < 1.29 is 13.9 Å². The molecule has 29 heavy (non-hydrogen) atoms. The number of aromatic nitrogens is 2. The lowest BCUT2D eigenvalue weighted by Gasteiger charge is -2.38. The molecule has 2 unspecified atom stereocenters. The van der Waals surface area contributed by atoms with Gasteiger partial charge >= 0.3 is 0 Å². The largest absolute Gasteiger partial charge is 0.474 e. The van der Waals surface area contributed by atoms with E-state index in [1.165, 1.54) is 24.5 Å². The molecule has 1 N–H and O–H groups in total. The molecule has 0 aliphatic carbocycles. The molecule has 2 bridgehead atoms. The summed E-state index contributed by atoms with van der Waals surface area (Å²) in [5.41, 5.74) is 1.16. The van der Waals surface area contributed by atoms with Gasteiger partial charge in [0, 0.05) is 31.8 Å². The predicted molar refractivity (Wildman–Crippen MR) is 104 cm³/mol. The Kier molecular flexibility index (Phi) is 5.05. The number of carbonyl (C=O) groups excluding carboxylic acids is 1. The first-order valence-electron chi connectivity index (χ1n) is 9.70. The second-order valence-corrected chi connectivity index (χ2v) is 7.61. The summed E-state index contributed by atoms with van der Waals surface area (Å²) >= 11 is 0. The maximum Gasteiger partial charge on any atom is 0.221 e. The van der Waals surface area contributed by atoms with Gasteiger partial charge in [-0.15, -0.1) is 0 Å². The van der Waals surface area contributed by atoms with E-state index in [2.05, 4.69) is 15.3 Å². The molecular formula is C21H22FN5O2. The third-order valence-electron chi connectivity index (χ3n) is 5.72. The van der Waals surface area contributed by atoms with Crippen LogP contribution in [0.2, 0.25) is 0 Å². The maximum absolute atomic E-state index is 14.2. The van der Waals surface area contributed by atoms with Crippen molar-refractivity contribution in [1.82, 2.24) is 14.9 Å². The molecule has 0 saturated carbocycles. The van der Waals surface area contributed by atoms with Crippen LogP contribution in [0, 0.1) is 24.1 Å². The molecule has 3 heterocycles. The Morgan fingerprint density at radius 1 is 1.31 bits per heavy atom. The van der Waals surface area contributed by atoms with Crippen molar-refractivity contribution in [2.24, 2.45) is 0 Å². The smallest absolute Gasteiger partial charge is 0.221 e. The van der Waals surface area contributed by atoms with E-state index in [4.69, 9.17) is 10.00 Å². The number of piperidine rings is 1.